The maximum absolute atomic E-state index is 10.4. The van der Waals surface area contributed by atoms with Gasteiger partial charge in [0.25, 0.3) is 0 Å². The van der Waals surface area contributed by atoms with Crippen LogP contribution in [-0.2, 0) is 20.8 Å². The van der Waals surface area contributed by atoms with Crippen molar-refractivity contribution in [3.63, 3.8) is 0 Å². The number of carboxylic acids is 1. The number of carbonyl (C=O) groups excluding carboxylic acids is 2. The lowest BCUT2D eigenvalue weighted by molar-refractivity contribution is -0.137. The molecule has 0 saturated carbocycles. The van der Waals surface area contributed by atoms with E-state index in [-0.39, 0.29) is 18.7 Å². The van der Waals surface area contributed by atoms with Gasteiger partial charge < -0.3 is 16.6 Å². The van der Waals surface area contributed by atoms with Crippen LogP contribution in [0.4, 0.5) is 0 Å². The predicted molar refractivity (Wildman–Crippen MR) is 79.9 cm³/mol. The minimum atomic E-state index is -0.892. The Labute approximate surface area is 124 Å². The predicted octanol–water partition coefficient (Wildman–Crippen LogP) is 0.690. The quantitative estimate of drug-likeness (QED) is 0.667. The molecule has 6 heteroatoms. The molecular formula is C15H20N2O4. The zero-order valence-corrected chi connectivity index (χ0v) is 11.7. The Morgan fingerprint density at radius 3 is 1.86 bits per heavy atom. The molecule has 0 aliphatic heterocycles. The van der Waals surface area contributed by atoms with Crippen LogP contribution in [0.3, 0.4) is 0 Å². The molecule has 0 radical (unpaired) electrons. The van der Waals surface area contributed by atoms with E-state index in [1.165, 1.54) is 0 Å². The van der Waals surface area contributed by atoms with Crippen molar-refractivity contribution in [2.75, 3.05) is 0 Å². The molecule has 0 bridgehead atoms. The Morgan fingerprint density at radius 1 is 0.952 bits per heavy atom. The topological polar surface area (TPSA) is 123 Å². The summed E-state index contributed by atoms with van der Waals surface area (Å²) in [5, 5.41) is 8.07. The van der Waals surface area contributed by atoms with Crippen LogP contribution in [0.2, 0.25) is 0 Å². The molecule has 0 aliphatic carbocycles. The van der Waals surface area contributed by atoms with Crippen LogP contribution in [0.15, 0.2) is 30.3 Å². The van der Waals surface area contributed by atoms with Gasteiger partial charge in [0, 0.05) is 12.8 Å². The van der Waals surface area contributed by atoms with Gasteiger partial charge in [-0.15, -0.1) is 12.8 Å². The highest BCUT2D eigenvalue weighted by Gasteiger charge is 1.98. The second-order valence-electron chi connectivity index (χ2n) is 3.84. The molecular weight excluding hydrogens is 272 g/mol. The van der Waals surface area contributed by atoms with E-state index in [0.29, 0.717) is 12.8 Å². The summed E-state index contributed by atoms with van der Waals surface area (Å²) in [5.74, 6) is -1.63. The third kappa shape index (κ3) is 17.2. The lowest BCUT2D eigenvalue weighted by Gasteiger charge is -1.93. The van der Waals surface area contributed by atoms with Crippen molar-refractivity contribution in [1.82, 2.24) is 0 Å². The highest BCUT2D eigenvalue weighted by Crippen LogP contribution is 1.97. The molecule has 2 amide bonds. The third-order valence-corrected chi connectivity index (χ3v) is 2.03. The van der Waals surface area contributed by atoms with Crippen LogP contribution in [-0.4, -0.2) is 22.9 Å². The zero-order valence-electron chi connectivity index (χ0n) is 11.7. The van der Waals surface area contributed by atoms with E-state index >= 15 is 0 Å². The minimum absolute atomic E-state index is 0.0168. The fourth-order valence-electron chi connectivity index (χ4n) is 1.21. The van der Waals surface area contributed by atoms with E-state index in [9.17, 15) is 14.4 Å². The molecule has 21 heavy (non-hydrogen) atoms. The van der Waals surface area contributed by atoms with Crippen molar-refractivity contribution < 1.29 is 19.5 Å². The number of aliphatic carboxylic acids is 1. The summed E-state index contributed by atoms with van der Waals surface area (Å²) in [5.41, 5.74) is 10.7. The molecule has 0 aromatic heterocycles. The van der Waals surface area contributed by atoms with Crippen molar-refractivity contribution in [3.05, 3.63) is 35.9 Å². The highest BCUT2D eigenvalue weighted by molar-refractivity contribution is 5.76. The van der Waals surface area contributed by atoms with E-state index in [4.69, 9.17) is 16.6 Å². The number of carboxylic acid groups (broad SMARTS) is 1. The first-order valence-corrected chi connectivity index (χ1v) is 6.07. The molecule has 1 rings (SSSR count). The largest absolute Gasteiger partial charge is 0.481 e. The Kier molecular flexibility index (Phi) is 13.3. The van der Waals surface area contributed by atoms with Crippen LogP contribution in [0.1, 0.15) is 24.8 Å². The van der Waals surface area contributed by atoms with E-state index in [0.717, 1.165) is 5.56 Å². The first-order valence-electron chi connectivity index (χ1n) is 6.07. The SMILES string of the molecule is C#C.NC(=O)CCCC(=O)O.NC(=O)Cc1ccccc1. The van der Waals surface area contributed by atoms with Gasteiger partial charge in [0.05, 0.1) is 6.42 Å². The Hall–Kier alpha value is -2.81. The van der Waals surface area contributed by atoms with Crippen LogP contribution in [0.25, 0.3) is 0 Å². The molecule has 0 aliphatic rings. The van der Waals surface area contributed by atoms with Crippen LogP contribution < -0.4 is 11.5 Å². The fraction of sp³-hybridized carbons (Fsp3) is 0.267. The van der Waals surface area contributed by atoms with E-state index in [1.807, 2.05) is 30.3 Å². The maximum Gasteiger partial charge on any atom is 0.303 e. The minimum Gasteiger partial charge on any atom is -0.481 e. The van der Waals surface area contributed by atoms with Gasteiger partial charge in [0.1, 0.15) is 0 Å². The summed E-state index contributed by atoms with van der Waals surface area (Å²) in [6.07, 6.45) is 8.85. The van der Waals surface area contributed by atoms with Crippen molar-refractivity contribution in [1.29, 1.82) is 0 Å². The zero-order chi connectivity index (χ0) is 16.7. The molecule has 0 spiro atoms. The summed E-state index contributed by atoms with van der Waals surface area (Å²) >= 11 is 0. The van der Waals surface area contributed by atoms with E-state index in [2.05, 4.69) is 12.8 Å². The number of hydrogen-bond donors (Lipinski definition) is 3. The van der Waals surface area contributed by atoms with Crippen LogP contribution in [0, 0.1) is 12.8 Å². The smallest absolute Gasteiger partial charge is 0.303 e. The van der Waals surface area contributed by atoms with Crippen molar-refractivity contribution in [2.45, 2.75) is 25.7 Å². The Morgan fingerprint density at radius 2 is 1.48 bits per heavy atom. The molecule has 0 heterocycles. The normalized spacial score (nSPS) is 8.29. The number of benzene rings is 1. The summed E-state index contributed by atoms with van der Waals surface area (Å²) in [4.78, 5) is 30.2. The summed E-state index contributed by atoms with van der Waals surface area (Å²) in [6.45, 7) is 0. The van der Waals surface area contributed by atoms with E-state index in [1.54, 1.807) is 0 Å². The lowest BCUT2D eigenvalue weighted by Crippen LogP contribution is -2.13. The summed E-state index contributed by atoms with van der Waals surface area (Å²) in [7, 11) is 0. The number of rotatable bonds is 6. The molecule has 0 atom stereocenters. The van der Waals surface area contributed by atoms with Gasteiger partial charge in [0.2, 0.25) is 11.8 Å². The Bertz CT molecular complexity index is 441. The number of primary amides is 2. The highest BCUT2D eigenvalue weighted by atomic mass is 16.4. The second kappa shape index (κ2) is 13.6. The summed E-state index contributed by atoms with van der Waals surface area (Å²) < 4.78 is 0. The van der Waals surface area contributed by atoms with Gasteiger partial charge >= 0.3 is 5.97 Å². The van der Waals surface area contributed by atoms with Crippen molar-refractivity contribution in [3.8, 4) is 12.8 Å². The molecule has 0 fully saturated rings. The third-order valence-electron chi connectivity index (χ3n) is 2.03. The van der Waals surface area contributed by atoms with Gasteiger partial charge in [-0.05, 0) is 12.0 Å². The molecule has 6 nitrogen and oxygen atoms in total. The number of hydrogen-bond acceptors (Lipinski definition) is 3. The first kappa shape index (κ1) is 20.5. The number of nitrogens with two attached hydrogens (primary N) is 2. The first-order chi connectivity index (χ1) is 9.91. The second-order valence-corrected chi connectivity index (χ2v) is 3.84. The van der Waals surface area contributed by atoms with Crippen molar-refractivity contribution >= 4 is 17.8 Å². The average molecular weight is 292 g/mol. The van der Waals surface area contributed by atoms with E-state index < -0.39 is 11.9 Å². The van der Waals surface area contributed by atoms with Crippen LogP contribution in [0.5, 0.6) is 0 Å². The Balaban J connectivity index is 0. The van der Waals surface area contributed by atoms with Gasteiger partial charge in [-0.25, -0.2) is 0 Å². The number of carbonyl (C=O) groups is 3. The fourth-order valence-corrected chi connectivity index (χ4v) is 1.21. The molecule has 0 saturated heterocycles. The standard InChI is InChI=1S/C8H9NO.C5H9NO3.C2H2/c9-8(10)6-7-4-2-1-3-5-7;6-4(7)2-1-3-5(8)9;1-2/h1-5H,6H2,(H2,9,10);1-3H2,(H2,6,7)(H,8,9);1-2H. The number of amides is 2. The van der Waals surface area contributed by atoms with Gasteiger partial charge in [-0.1, -0.05) is 30.3 Å². The molecule has 1 aromatic rings. The monoisotopic (exact) mass is 292 g/mol. The van der Waals surface area contributed by atoms with Crippen molar-refractivity contribution in [2.24, 2.45) is 11.5 Å². The van der Waals surface area contributed by atoms with Gasteiger partial charge in [0.15, 0.2) is 0 Å². The molecule has 1 aromatic carbocycles. The molecule has 114 valence electrons. The van der Waals surface area contributed by atoms with Gasteiger partial charge in [-0.3, -0.25) is 14.4 Å². The average Bonchev–Trinajstić information content (AvgIpc) is 2.41. The molecule has 0 unspecified atom stereocenters. The van der Waals surface area contributed by atoms with Gasteiger partial charge in [-0.2, -0.15) is 0 Å². The van der Waals surface area contributed by atoms with Crippen LogP contribution >= 0.6 is 0 Å². The maximum atomic E-state index is 10.4. The lowest BCUT2D eigenvalue weighted by atomic mass is 10.1. The summed E-state index contributed by atoms with van der Waals surface area (Å²) in [6, 6.07) is 9.44. The molecule has 5 N–H and O–H groups in total. The number of terminal acetylenes is 1.